The second kappa shape index (κ2) is 9.60. The molecule has 0 unspecified atom stereocenters. The lowest BCUT2D eigenvalue weighted by Crippen LogP contribution is -2.41. The van der Waals surface area contributed by atoms with Gasteiger partial charge >= 0.3 is 0 Å². The van der Waals surface area contributed by atoms with Crippen molar-refractivity contribution in [2.45, 2.75) is 21.1 Å². The highest BCUT2D eigenvalue weighted by molar-refractivity contribution is 8.02. The molecule has 2 aromatic rings. The Labute approximate surface area is 153 Å². The van der Waals surface area contributed by atoms with E-state index in [2.05, 4.69) is 66.2 Å². The first-order chi connectivity index (χ1) is 10.9. The van der Waals surface area contributed by atoms with Gasteiger partial charge in [-0.2, -0.15) is 0 Å². The molecule has 0 spiro atoms. The average molecular weight is 368 g/mol. The molecule has 1 saturated heterocycles. The minimum absolute atomic E-state index is 0. The molecule has 0 amide bonds. The molecule has 3 rings (SSSR count). The predicted molar refractivity (Wildman–Crippen MR) is 103 cm³/mol. The van der Waals surface area contributed by atoms with Gasteiger partial charge in [0.1, 0.15) is 0 Å². The Kier molecular flexibility index (Phi) is 7.80. The zero-order chi connectivity index (χ0) is 15.2. The van der Waals surface area contributed by atoms with Crippen molar-refractivity contribution in [2.75, 3.05) is 26.0 Å². The van der Waals surface area contributed by atoms with E-state index in [4.69, 9.17) is 4.74 Å². The van der Waals surface area contributed by atoms with Gasteiger partial charge in [0.15, 0.2) is 0 Å². The van der Waals surface area contributed by atoms with Crippen molar-refractivity contribution in [1.82, 2.24) is 5.32 Å². The van der Waals surface area contributed by atoms with E-state index in [-0.39, 0.29) is 18.5 Å². The number of thioether (sulfide) groups is 2. The summed E-state index contributed by atoms with van der Waals surface area (Å²) in [5.41, 5.74) is 1.33. The molecule has 1 fully saturated rings. The van der Waals surface area contributed by atoms with Crippen molar-refractivity contribution >= 4 is 35.9 Å². The number of ether oxygens (including phenoxy) is 1. The number of hydrogen-bond acceptors (Lipinski definition) is 4. The normalized spacial score (nSPS) is 18.9. The molecule has 2 aromatic carbocycles. The number of halogens is 1. The maximum Gasteiger partial charge on any atom is 0.0862 e. The summed E-state index contributed by atoms with van der Waals surface area (Å²) in [7, 11) is 0. The second-order valence-corrected chi connectivity index (χ2v) is 7.24. The van der Waals surface area contributed by atoms with Gasteiger partial charge in [-0.25, -0.2) is 0 Å². The fraction of sp³-hybridized carbons (Fsp3) is 0.333. The van der Waals surface area contributed by atoms with Gasteiger partial charge in [-0.3, -0.25) is 0 Å². The largest absolute Gasteiger partial charge is 0.374 e. The molecule has 0 radical (unpaired) electrons. The van der Waals surface area contributed by atoms with Gasteiger partial charge in [0.05, 0.1) is 18.0 Å². The third-order valence-electron chi connectivity index (χ3n) is 3.75. The fourth-order valence-electron chi connectivity index (χ4n) is 2.63. The Bertz CT molecular complexity index is 591. The smallest absolute Gasteiger partial charge is 0.0862 e. The SMILES string of the molecule is CSc1ccccc1S[C@H](c1ccccc1)[C@H]1CNCCO1.Cl. The van der Waals surface area contributed by atoms with E-state index in [0.717, 1.165) is 19.7 Å². The molecular formula is C18H22ClNOS2. The van der Waals surface area contributed by atoms with Gasteiger partial charge in [-0.1, -0.05) is 42.5 Å². The van der Waals surface area contributed by atoms with Crippen LogP contribution in [-0.4, -0.2) is 32.1 Å². The lowest BCUT2D eigenvalue weighted by atomic mass is 10.1. The van der Waals surface area contributed by atoms with Crippen molar-refractivity contribution in [2.24, 2.45) is 0 Å². The van der Waals surface area contributed by atoms with Crippen LogP contribution in [0.5, 0.6) is 0 Å². The average Bonchev–Trinajstić information content (AvgIpc) is 2.61. The lowest BCUT2D eigenvalue weighted by Gasteiger charge is -2.31. The first-order valence-corrected chi connectivity index (χ1v) is 9.66. The highest BCUT2D eigenvalue weighted by Gasteiger charge is 2.27. The summed E-state index contributed by atoms with van der Waals surface area (Å²) < 4.78 is 6.05. The lowest BCUT2D eigenvalue weighted by molar-refractivity contribution is 0.0273. The molecule has 23 heavy (non-hydrogen) atoms. The Balaban J connectivity index is 0.00000192. The van der Waals surface area contributed by atoms with Crippen molar-refractivity contribution in [3.8, 4) is 0 Å². The van der Waals surface area contributed by atoms with Crippen LogP contribution in [-0.2, 0) is 4.74 Å². The van der Waals surface area contributed by atoms with Crippen LogP contribution in [0.3, 0.4) is 0 Å². The highest BCUT2D eigenvalue weighted by atomic mass is 35.5. The van der Waals surface area contributed by atoms with Crippen molar-refractivity contribution in [3.05, 3.63) is 60.2 Å². The summed E-state index contributed by atoms with van der Waals surface area (Å²) in [6, 6.07) is 19.3. The molecule has 0 saturated carbocycles. The van der Waals surface area contributed by atoms with Gasteiger partial charge in [-0.15, -0.1) is 35.9 Å². The van der Waals surface area contributed by atoms with Crippen LogP contribution in [0.1, 0.15) is 10.8 Å². The van der Waals surface area contributed by atoms with Gasteiger partial charge in [0.2, 0.25) is 0 Å². The minimum Gasteiger partial charge on any atom is -0.374 e. The molecule has 1 aliphatic rings. The van der Waals surface area contributed by atoms with E-state index in [9.17, 15) is 0 Å². The highest BCUT2D eigenvalue weighted by Crippen LogP contribution is 2.42. The Morgan fingerprint density at radius 1 is 1.04 bits per heavy atom. The Morgan fingerprint density at radius 2 is 1.74 bits per heavy atom. The zero-order valence-electron chi connectivity index (χ0n) is 13.1. The standard InChI is InChI=1S/C18H21NOS2.ClH/c1-21-16-9-5-6-10-17(16)22-18(14-7-3-2-4-8-14)15-13-19-11-12-20-15;/h2-10,15,18-19H,11-13H2,1H3;1H/t15-,18-;/m1./s1. The third kappa shape index (κ3) is 4.91. The van der Waals surface area contributed by atoms with E-state index in [1.165, 1.54) is 15.4 Å². The van der Waals surface area contributed by atoms with Crippen LogP contribution in [0, 0.1) is 0 Å². The van der Waals surface area contributed by atoms with Gasteiger partial charge in [0.25, 0.3) is 0 Å². The summed E-state index contributed by atoms with van der Waals surface area (Å²) in [5.74, 6) is 0. The molecule has 5 heteroatoms. The second-order valence-electron chi connectivity index (χ2n) is 5.21. The quantitative estimate of drug-likeness (QED) is 0.776. The number of benzene rings is 2. The van der Waals surface area contributed by atoms with E-state index in [1.54, 1.807) is 11.8 Å². The van der Waals surface area contributed by atoms with Crippen molar-refractivity contribution in [3.63, 3.8) is 0 Å². The monoisotopic (exact) mass is 367 g/mol. The van der Waals surface area contributed by atoms with Gasteiger partial charge in [0, 0.05) is 22.9 Å². The van der Waals surface area contributed by atoms with E-state index in [1.807, 2.05) is 11.8 Å². The maximum absolute atomic E-state index is 6.05. The molecule has 0 aromatic heterocycles. The van der Waals surface area contributed by atoms with Crippen LogP contribution >= 0.6 is 35.9 Å². The van der Waals surface area contributed by atoms with Crippen LogP contribution in [0.15, 0.2) is 64.4 Å². The molecule has 1 heterocycles. The summed E-state index contributed by atoms with van der Waals surface area (Å²) >= 11 is 3.72. The Hall–Kier alpha value is -0.650. The first kappa shape index (κ1) is 18.7. The summed E-state index contributed by atoms with van der Waals surface area (Å²) in [5, 5.41) is 3.76. The number of nitrogens with one attached hydrogen (secondary N) is 1. The third-order valence-corrected chi connectivity index (χ3v) is 6.11. The number of morpholine rings is 1. The molecule has 124 valence electrons. The van der Waals surface area contributed by atoms with Crippen molar-refractivity contribution in [1.29, 1.82) is 0 Å². The molecule has 2 nitrogen and oxygen atoms in total. The van der Waals surface area contributed by atoms with Crippen LogP contribution in [0.25, 0.3) is 0 Å². The molecule has 0 bridgehead atoms. The Morgan fingerprint density at radius 3 is 2.39 bits per heavy atom. The fourth-order valence-corrected chi connectivity index (χ4v) is 4.75. The van der Waals surface area contributed by atoms with Gasteiger partial charge in [-0.05, 0) is 24.0 Å². The van der Waals surface area contributed by atoms with Crippen LogP contribution < -0.4 is 5.32 Å². The zero-order valence-corrected chi connectivity index (χ0v) is 15.6. The van der Waals surface area contributed by atoms with E-state index >= 15 is 0 Å². The van der Waals surface area contributed by atoms with Crippen LogP contribution in [0.2, 0.25) is 0 Å². The van der Waals surface area contributed by atoms with Gasteiger partial charge < -0.3 is 10.1 Å². The van der Waals surface area contributed by atoms with Crippen molar-refractivity contribution < 1.29 is 4.74 Å². The maximum atomic E-state index is 6.05. The summed E-state index contributed by atoms with van der Waals surface area (Å²) in [6.45, 7) is 2.65. The molecule has 0 aliphatic carbocycles. The van der Waals surface area contributed by atoms with Crippen LogP contribution in [0.4, 0.5) is 0 Å². The summed E-state index contributed by atoms with van der Waals surface area (Å²) in [4.78, 5) is 2.66. The molecule has 1 N–H and O–H groups in total. The number of hydrogen-bond donors (Lipinski definition) is 1. The topological polar surface area (TPSA) is 21.3 Å². The minimum atomic E-state index is 0. The first-order valence-electron chi connectivity index (χ1n) is 7.55. The molecule has 1 aliphatic heterocycles. The van der Waals surface area contributed by atoms with E-state index in [0.29, 0.717) is 5.25 Å². The summed E-state index contributed by atoms with van der Waals surface area (Å²) in [6.07, 6.45) is 2.34. The number of rotatable bonds is 5. The molecular weight excluding hydrogens is 346 g/mol. The predicted octanol–water partition coefficient (Wildman–Crippen LogP) is 4.65. The molecule has 2 atom stereocenters. The van der Waals surface area contributed by atoms with E-state index < -0.39 is 0 Å².